The molecule has 4 nitrogen and oxygen atoms in total. The highest BCUT2D eigenvalue weighted by atomic mass is 16.6. The smallest absolute Gasteiger partial charge is 0.338 e. The number of carbonyl (C=O) groups excluding carboxylic acids is 1. The van der Waals surface area contributed by atoms with Crippen LogP contribution in [0.25, 0.3) is 0 Å². The van der Waals surface area contributed by atoms with Gasteiger partial charge in [-0.2, -0.15) is 0 Å². The van der Waals surface area contributed by atoms with E-state index < -0.39 is 5.97 Å². The third-order valence-electron chi connectivity index (χ3n) is 1.75. The normalized spacial score (nSPS) is 9.93. The molecule has 0 saturated heterocycles. The van der Waals surface area contributed by atoms with Crippen molar-refractivity contribution in [2.75, 3.05) is 19.8 Å². The second-order valence-electron chi connectivity index (χ2n) is 2.88. The molecule has 0 heterocycles. The van der Waals surface area contributed by atoms with Gasteiger partial charge in [-0.3, -0.25) is 0 Å². The minimum atomic E-state index is -0.453. The summed E-state index contributed by atoms with van der Waals surface area (Å²) < 4.78 is 9.93. The van der Waals surface area contributed by atoms with Crippen molar-refractivity contribution < 1.29 is 19.4 Å². The molecule has 0 bridgehead atoms. The molecule has 0 aliphatic rings. The van der Waals surface area contributed by atoms with Crippen molar-refractivity contribution in [2.45, 2.75) is 6.92 Å². The van der Waals surface area contributed by atoms with Crippen molar-refractivity contribution in [1.29, 1.82) is 0 Å². The van der Waals surface area contributed by atoms with Crippen molar-refractivity contribution >= 4 is 5.97 Å². The lowest BCUT2D eigenvalue weighted by Crippen LogP contribution is -2.10. The maximum atomic E-state index is 11.4. The number of rotatable bonds is 5. The average molecular weight is 210 g/mol. The van der Waals surface area contributed by atoms with Gasteiger partial charge in [0.1, 0.15) is 12.4 Å². The molecule has 0 unspecified atom stereocenters. The van der Waals surface area contributed by atoms with Crippen LogP contribution in [0.15, 0.2) is 24.3 Å². The SMILES string of the molecule is CCOCCOC(=O)c1cccc(O)c1. The van der Waals surface area contributed by atoms with Gasteiger partial charge in [-0.15, -0.1) is 0 Å². The molecule has 1 aromatic carbocycles. The standard InChI is InChI=1S/C11H14O4/c1-2-14-6-7-15-11(13)9-4-3-5-10(12)8-9/h3-5,8,12H,2,6-7H2,1H3. The highest BCUT2D eigenvalue weighted by Gasteiger charge is 2.06. The topological polar surface area (TPSA) is 55.8 Å². The van der Waals surface area contributed by atoms with Gasteiger partial charge in [-0.25, -0.2) is 4.79 Å². The molecule has 82 valence electrons. The predicted octanol–water partition coefficient (Wildman–Crippen LogP) is 1.59. The number of hydrogen-bond donors (Lipinski definition) is 1. The van der Waals surface area contributed by atoms with Gasteiger partial charge in [0.05, 0.1) is 12.2 Å². The molecular formula is C11H14O4. The molecule has 1 aromatic rings. The fourth-order valence-corrected chi connectivity index (χ4v) is 1.05. The zero-order valence-corrected chi connectivity index (χ0v) is 8.60. The Hall–Kier alpha value is -1.55. The average Bonchev–Trinajstić information content (AvgIpc) is 2.24. The van der Waals surface area contributed by atoms with E-state index in [4.69, 9.17) is 14.6 Å². The summed E-state index contributed by atoms with van der Waals surface area (Å²) in [4.78, 5) is 11.4. The highest BCUT2D eigenvalue weighted by molar-refractivity contribution is 5.89. The summed E-state index contributed by atoms with van der Waals surface area (Å²) in [6, 6.07) is 6.04. The third kappa shape index (κ3) is 3.99. The van der Waals surface area contributed by atoms with E-state index in [-0.39, 0.29) is 12.4 Å². The van der Waals surface area contributed by atoms with E-state index in [9.17, 15) is 4.79 Å². The molecule has 0 saturated carbocycles. The van der Waals surface area contributed by atoms with Crippen LogP contribution in [0.2, 0.25) is 0 Å². The number of carbonyl (C=O) groups is 1. The van der Waals surface area contributed by atoms with E-state index in [1.54, 1.807) is 12.1 Å². The van der Waals surface area contributed by atoms with E-state index in [0.29, 0.717) is 18.8 Å². The number of ether oxygens (including phenoxy) is 2. The first kappa shape index (κ1) is 11.5. The number of benzene rings is 1. The Bertz CT molecular complexity index is 322. The molecule has 0 radical (unpaired) electrons. The molecule has 1 N–H and O–H groups in total. The van der Waals surface area contributed by atoms with Gasteiger partial charge in [-0.05, 0) is 25.1 Å². The minimum Gasteiger partial charge on any atom is -0.508 e. The third-order valence-corrected chi connectivity index (χ3v) is 1.75. The molecule has 0 aliphatic carbocycles. The van der Waals surface area contributed by atoms with Crippen molar-refractivity contribution in [3.63, 3.8) is 0 Å². The first-order valence-electron chi connectivity index (χ1n) is 4.78. The molecule has 15 heavy (non-hydrogen) atoms. The van der Waals surface area contributed by atoms with Gasteiger partial charge in [0, 0.05) is 6.61 Å². The summed E-state index contributed by atoms with van der Waals surface area (Å²) in [5.74, 6) is -0.403. The summed E-state index contributed by atoms with van der Waals surface area (Å²) in [6.45, 7) is 3.09. The number of esters is 1. The zero-order chi connectivity index (χ0) is 11.1. The minimum absolute atomic E-state index is 0.0502. The molecule has 0 atom stereocenters. The molecule has 0 amide bonds. The van der Waals surface area contributed by atoms with Gasteiger partial charge in [0.2, 0.25) is 0 Å². The summed E-state index contributed by atoms with van der Waals surface area (Å²) in [5, 5.41) is 9.14. The van der Waals surface area contributed by atoms with Gasteiger partial charge in [-0.1, -0.05) is 6.07 Å². The van der Waals surface area contributed by atoms with Crippen LogP contribution in [0.3, 0.4) is 0 Å². The van der Waals surface area contributed by atoms with Crippen LogP contribution in [0.4, 0.5) is 0 Å². The quantitative estimate of drug-likeness (QED) is 0.592. The van der Waals surface area contributed by atoms with Crippen molar-refractivity contribution in [2.24, 2.45) is 0 Å². The lowest BCUT2D eigenvalue weighted by atomic mass is 10.2. The number of phenols is 1. The van der Waals surface area contributed by atoms with Crippen LogP contribution >= 0.6 is 0 Å². The first-order valence-corrected chi connectivity index (χ1v) is 4.78. The Balaban J connectivity index is 2.40. The van der Waals surface area contributed by atoms with Crippen molar-refractivity contribution in [3.8, 4) is 5.75 Å². The summed E-state index contributed by atoms with van der Waals surface area (Å²) in [7, 11) is 0. The molecular weight excluding hydrogens is 196 g/mol. The Morgan fingerprint density at radius 3 is 2.87 bits per heavy atom. The molecule has 1 rings (SSSR count). The van der Waals surface area contributed by atoms with E-state index in [2.05, 4.69) is 0 Å². The number of aromatic hydroxyl groups is 1. The summed E-state index contributed by atoms with van der Waals surface area (Å²) >= 11 is 0. The Morgan fingerprint density at radius 1 is 1.40 bits per heavy atom. The number of phenolic OH excluding ortho intramolecular Hbond substituents is 1. The molecule has 0 spiro atoms. The van der Waals surface area contributed by atoms with Gasteiger partial charge in [0.15, 0.2) is 0 Å². The second kappa shape index (κ2) is 6.03. The van der Waals surface area contributed by atoms with Crippen LogP contribution in [0.1, 0.15) is 17.3 Å². The molecule has 0 aromatic heterocycles. The van der Waals surface area contributed by atoms with Crippen LogP contribution in [0, 0.1) is 0 Å². The monoisotopic (exact) mass is 210 g/mol. The van der Waals surface area contributed by atoms with Crippen LogP contribution in [-0.4, -0.2) is 30.9 Å². The van der Waals surface area contributed by atoms with Crippen molar-refractivity contribution in [3.05, 3.63) is 29.8 Å². The van der Waals surface area contributed by atoms with E-state index in [0.717, 1.165) is 0 Å². The van der Waals surface area contributed by atoms with E-state index in [1.165, 1.54) is 12.1 Å². The van der Waals surface area contributed by atoms with E-state index in [1.807, 2.05) is 6.92 Å². The van der Waals surface area contributed by atoms with Gasteiger partial charge >= 0.3 is 5.97 Å². The van der Waals surface area contributed by atoms with Crippen LogP contribution < -0.4 is 0 Å². The van der Waals surface area contributed by atoms with Crippen LogP contribution in [0.5, 0.6) is 5.75 Å². The summed E-state index contributed by atoms with van der Waals surface area (Å²) in [6.07, 6.45) is 0. The molecule has 0 fully saturated rings. The van der Waals surface area contributed by atoms with Gasteiger partial charge in [0.25, 0.3) is 0 Å². The van der Waals surface area contributed by atoms with E-state index >= 15 is 0 Å². The summed E-state index contributed by atoms with van der Waals surface area (Å²) in [5.41, 5.74) is 0.339. The fraction of sp³-hybridized carbons (Fsp3) is 0.364. The Morgan fingerprint density at radius 2 is 2.20 bits per heavy atom. The largest absolute Gasteiger partial charge is 0.508 e. The lowest BCUT2D eigenvalue weighted by molar-refractivity contribution is 0.0335. The highest BCUT2D eigenvalue weighted by Crippen LogP contribution is 2.11. The predicted molar refractivity (Wildman–Crippen MR) is 54.9 cm³/mol. The first-order chi connectivity index (χ1) is 7.24. The fourth-order valence-electron chi connectivity index (χ4n) is 1.05. The lowest BCUT2D eigenvalue weighted by Gasteiger charge is -2.04. The van der Waals surface area contributed by atoms with Gasteiger partial charge < -0.3 is 14.6 Å². The maximum absolute atomic E-state index is 11.4. The number of hydrogen-bond acceptors (Lipinski definition) is 4. The Labute approximate surface area is 88.4 Å². The van der Waals surface area contributed by atoms with Crippen molar-refractivity contribution in [1.82, 2.24) is 0 Å². The van der Waals surface area contributed by atoms with Crippen LogP contribution in [-0.2, 0) is 9.47 Å². The molecule has 0 aliphatic heterocycles. The Kier molecular flexibility index (Phi) is 4.63. The second-order valence-corrected chi connectivity index (χ2v) is 2.88. The zero-order valence-electron chi connectivity index (χ0n) is 8.60. The maximum Gasteiger partial charge on any atom is 0.338 e. The molecule has 4 heteroatoms.